The first-order valence-corrected chi connectivity index (χ1v) is 10.0. The first kappa shape index (κ1) is 14.8. The zero-order valence-corrected chi connectivity index (χ0v) is 13.3. The molecule has 0 aromatic carbocycles. The lowest BCUT2D eigenvalue weighted by molar-refractivity contribution is 0.224. The number of hydrogen-bond acceptors (Lipinski definition) is 4. The number of piperidine rings is 1. The van der Waals surface area contributed by atoms with Gasteiger partial charge in [-0.1, -0.05) is 12.8 Å². The summed E-state index contributed by atoms with van der Waals surface area (Å²) >= 11 is 0. The quantitative estimate of drug-likeness (QED) is 0.828. The molecule has 2 N–H and O–H groups in total. The molecule has 2 saturated heterocycles. The molecule has 20 heavy (non-hydrogen) atoms. The molecule has 0 amide bonds. The van der Waals surface area contributed by atoms with Crippen LogP contribution in [0.5, 0.6) is 0 Å². The summed E-state index contributed by atoms with van der Waals surface area (Å²) in [7, 11) is -2.82. The van der Waals surface area contributed by atoms with Crippen molar-refractivity contribution in [1.29, 1.82) is 0 Å². The minimum absolute atomic E-state index is 0.194. The van der Waals surface area contributed by atoms with Gasteiger partial charge in [-0.05, 0) is 51.5 Å². The second kappa shape index (κ2) is 5.58. The summed E-state index contributed by atoms with van der Waals surface area (Å²) in [6.07, 6.45) is 8.48. The van der Waals surface area contributed by atoms with Crippen molar-refractivity contribution in [3.05, 3.63) is 0 Å². The van der Waals surface area contributed by atoms with Crippen LogP contribution in [0.3, 0.4) is 0 Å². The van der Waals surface area contributed by atoms with E-state index in [2.05, 4.69) is 17.6 Å². The largest absolute Gasteiger partial charge is 0.314 e. The maximum atomic E-state index is 11.8. The summed E-state index contributed by atoms with van der Waals surface area (Å²) in [5.41, 5.74) is -0.194. The Hall–Kier alpha value is -0.130. The van der Waals surface area contributed by atoms with Gasteiger partial charge in [0.1, 0.15) is 0 Å². The fraction of sp³-hybridized carbons (Fsp3) is 1.00. The van der Waals surface area contributed by atoms with Crippen molar-refractivity contribution in [2.75, 3.05) is 18.1 Å². The predicted molar refractivity (Wildman–Crippen MR) is 81.6 cm³/mol. The molecule has 4 unspecified atom stereocenters. The van der Waals surface area contributed by atoms with Crippen LogP contribution < -0.4 is 10.6 Å². The van der Waals surface area contributed by atoms with Gasteiger partial charge in [0.05, 0.1) is 11.5 Å². The van der Waals surface area contributed by atoms with Crippen molar-refractivity contribution in [2.45, 2.75) is 69.5 Å². The highest BCUT2D eigenvalue weighted by atomic mass is 32.2. The average molecular weight is 300 g/mol. The second-order valence-electron chi connectivity index (χ2n) is 7.30. The van der Waals surface area contributed by atoms with Gasteiger partial charge in [0.25, 0.3) is 0 Å². The van der Waals surface area contributed by atoms with Gasteiger partial charge in [-0.25, -0.2) is 8.42 Å². The van der Waals surface area contributed by atoms with Crippen LogP contribution in [0, 0.1) is 5.92 Å². The standard InChI is InChI=1S/C15H28N2O2S/c1-15(8-10-20(18,19)11-15)17-14-7-4-5-12(14)13-6-2-3-9-16-13/h12-14,16-17H,2-11H2,1H3. The first-order valence-electron chi connectivity index (χ1n) is 8.19. The molecule has 4 atom stereocenters. The Morgan fingerprint density at radius 1 is 1.15 bits per heavy atom. The summed E-state index contributed by atoms with van der Waals surface area (Å²) in [4.78, 5) is 0. The van der Waals surface area contributed by atoms with Gasteiger partial charge in [0, 0.05) is 17.6 Å². The van der Waals surface area contributed by atoms with Crippen LogP contribution >= 0.6 is 0 Å². The monoisotopic (exact) mass is 300 g/mol. The molecule has 0 radical (unpaired) electrons. The molecule has 0 aromatic rings. The molecule has 0 spiro atoms. The minimum atomic E-state index is -2.82. The van der Waals surface area contributed by atoms with Crippen molar-refractivity contribution in [3.63, 3.8) is 0 Å². The molecule has 0 bridgehead atoms. The number of sulfone groups is 1. The molecule has 3 rings (SSSR count). The van der Waals surface area contributed by atoms with E-state index < -0.39 is 9.84 Å². The van der Waals surface area contributed by atoms with Crippen LogP contribution in [0.25, 0.3) is 0 Å². The Kier molecular flexibility index (Phi) is 4.13. The smallest absolute Gasteiger partial charge is 0.152 e. The summed E-state index contributed by atoms with van der Waals surface area (Å²) in [5.74, 6) is 1.37. The fourth-order valence-electron chi connectivity index (χ4n) is 4.47. The van der Waals surface area contributed by atoms with E-state index in [1.165, 1.54) is 38.5 Å². The molecular formula is C15H28N2O2S. The van der Waals surface area contributed by atoms with Crippen molar-refractivity contribution in [2.24, 2.45) is 5.92 Å². The molecule has 3 fully saturated rings. The molecular weight excluding hydrogens is 272 g/mol. The molecule has 4 nitrogen and oxygen atoms in total. The topological polar surface area (TPSA) is 58.2 Å². The van der Waals surface area contributed by atoms with Crippen LogP contribution in [0.2, 0.25) is 0 Å². The fourth-order valence-corrected chi connectivity index (χ4v) is 6.57. The molecule has 5 heteroatoms. The molecule has 0 aromatic heterocycles. The third-order valence-electron chi connectivity index (χ3n) is 5.47. The van der Waals surface area contributed by atoms with Crippen LogP contribution in [-0.4, -0.2) is 44.1 Å². The third kappa shape index (κ3) is 3.20. The van der Waals surface area contributed by atoms with E-state index >= 15 is 0 Å². The van der Waals surface area contributed by atoms with Crippen LogP contribution in [-0.2, 0) is 9.84 Å². The van der Waals surface area contributed by atoms with E-state index in [4.69, 9.17) is 0 Å². The van der Waals surface area contributed by atoms with E-state index in [-0.39, 0.29) is 5.54 Å². The Balaban J connectivity index is 1.64. The number of rotatable bonds is 3. The van der Waals surface area contributed by atoms with E-state index in [1.54, 1.807) is 0 Å². The summed E-state index contributed by atoms with van der Waals surface area (Å²) < 4.78 is 23.5. The normalized spacial score (nSPS) is 44.8. The second-order valence-corrected chi connectivity index (χ2v) is 9.49. The first-order chi connectivity index (χ1) is 9.48. The van der Waals surface area contributed by atoms with Crippen molar-refractivity contribution in [3.8, 4) is 0 Å². The third-order valence-corrected chi connectivity index (χ3v) is 7.37. The lowest BCUT2D eigenvalue weighted by atomic mass is 9.87. The lowest BCUT2D eigenvalue weighted by Crippen LogP contribution is -2.54. The SMILES string of the molecule is CC1(NC2CCCC2C2CCCCN2)CCS(=O)(=O)C1. The zero-order valence-electron chi connectivity index (χ0n) is 12.5. The highest BCUT2D eigenvalue weighted by Crippen LogP contribution is 2.34. The molecule has 3 aliphatic rings. The maximum Gasteiger partial charge on any atom is 0.152 e. The van der Waals surface area contributed by atoms with Crippen molar-refractivity contribution < 1.29 is 8.42 Å². The minimum Gasteiger partial charge on any atom is -0.314 e. The van der Waals surface area contributed by atoms with E-state index in [1.807, 2.05) is 0 Å². The highest BCUT2D eigenvalue weighted by molar-refractivity contribution is 7.91. The molecule has 1 aliphatic carbocycles. The van der Waals surface area contributed by atoms with Crippen LogP contribution in [0.1, 0.15) is 51.9 Å². The lowest BCUT2D eigenvalue weighted by Gasteiger charge is -2.37. The summed E-state index contributed by atoms with van der Waals surface area (Å²) in [5, 5.41) is 7.42. The zero-order chi connectivity index (χ0) is 14.2. The van der Waals surface area contributed by atoms with Crippen molar-refractivity contribution >= 4 is 9.84 Å². The summed E-state index contributed by atoms with van der Waals surface area (Å²) in [6, 6.07) is 1.15. The Morgan fingerprint density at radius 2 is 2.00 bits per heavy atom. The van der Waals surface area contributed by atoms with Gasteiger partial charge < -0.3 is 10.6 Å². The Bertz CT molecular complexity index is 445. The molecule has 2 aliphatic heterocycles. The highest BCUT2D eigenvalue weighted by Gasteiger charge is 2.43. The Labute approximate surface area is 123 Å². The van der Waals surface area contributed by atoms with Crippen molar-refractivity contribution in [1.82, 2.24) is 10.6 Å². The number of nitrogens with one attached hydrogen (secondary N) is 2. The van der Waals surface area contributed by atoms with Gasteiger partial charge in [0.2, 0.25) is 0 Å². The summed E-state index contributed by atoms with van der Waals surface area (Å²) in [6.45, 7) is 3.25. The number of hydrogen-bond donors (Lipinski definition) is 2. The maximum absolute atomic E-state index is 11.8. The van der Waals surface area contributed by atoms with Crippen LogP contribution in [0.15, 0.2) is 0 Å². The molecule has 2 heterocycles. The van der Waals surface area contributed by atoms with Crippen LogP contribution in [0.4, 0.5) is 0 Å². The van der Waals surface area contributed by atoms with Gasteiger partial charge in [-0.3, -0.25) is 0 Å². The van der Waals surface area contributed by atoms with Gasteiger partial charge in [0.15, 0.2) is 9.84 Å². The van der Waals surface area contributed by atoms with Gasteiger partial charge >= 0.3 is 0 Å². The van der Waals surface area contributed by atoms with E-state index in [0.717, 1.165) is 13.0 Å². The van der Waals surface area contributed by atoms with Gasteiger partial charge in [-0.15, -0.1) is 0 Å². The van der Waals surface area contributed by atoms with E-state index in [0.29, 0.717) is 29.5 Å². The predicted octanol–water partition coefficient (Wildman–Crippen LogP) is 1.46. The molecule has 116 valence electrons. The van der Waals surface area contributed by atoms with Gasteiger partial charge in [-0.2, -0.15) is 0 Å². The van der Waals surface area contributed by atoms with E-state index in [9.17, 15) is 8.42 Å². The molecule has 1 saturated carbocycles. The average Bonchev–Trinajstić information content (AvgIpc) is 2.95. The Morgan fingerprint density at radius 3 is 2.65 bits per heavy atom.